The Labute approximate surface area is 174 Å². The summed E-state index contributed by atoms with van der Waals surface area (Å²) >= 11 is 0. The molecule has 0 aliphatic carbocycles. The first-order valence-corrected chi connectivity index (χ1v) is 9.58. The Bertz CT molecular complexity index is 915. The van der Waals surface area contributed by atoms with Crippen molar-refractivity contribution in [1.82, 2.24) is 25.1 Å². The molecule has 30 heavy (non-hydrogen) atoms. The van der Waals surface area contributed by atoms with E-state index >= 15 is 0 Å². The van der Waals surface area contributed by atoms with Crippen molar-refractivity contribution in [2.45, 2.75) is 6.54 Å². The Hall–Kier alpha value is -3.19. The molecular formula is C18H28N10O2. The van der Waals surface area contributed by atoms with Crippen molar-refractivity contribution in [2.24, 2.45) is 11.7 Å². The van der Waals surface area contributed by atoms with Crippen molar-refractivity contribution in [1.29, 1.82) is 0 Å². The smallest absolute Gasteiger partial charge is 0.241 e. The lowest BCUT2D eigenvalue weighted by Gasteiger charge is -2.10. The first kappa shape index (κ1) is 21.5. The van der Waals surface area contributed by atoms with Crippen LogP contribution in [0, 0.1) is 0 Å². The van der Waals surface area contributed by atoms with E-state index in [0.29, 0.717) is 31.2 Å². The molecule has 0 atom stereocenters. The Morgan fingerprint density at radius 3 is 2.57 bits per heavy atom. The van der Waals surface area contributed by atoms with Gasteiger partial charge in [0.1, 0.15) is 12.4 Å². The largest absolute Gasteiger partial charge is 0.491 e. The number of fused-ring (bicyclic) bond motifs is 1. The number of nitrogens with zero attached hydrogens (tertiary/aromatic N) is 4. The second kappa shape index (κ2) is 11.1. The number of anilines is 3. The Morgan fingerprint density at radius 1 is 1.00 bits per heavy atom. The zero-order valence-corrected chi connectivity index (χ0v) is 16.9. The summed E-state index contributed by atoms with van der Waals surface area (Å²) in [7, 11) is 1.65. The summed E-state index contributed by atoms with van der Waals surface area (Å²) < 4.78 is 12.3. The molecule has 12 nitrogen and oxygen atoms in total. The highest BCUT2D eigenvalue weighted by molar-refractivity contribution is 5.87. The molecule has 0 aliphatic heterocycles. The monoisotopic (exact) mass is 416 g/mol. The van der Waals surface area contributed by atoms with Crippen molar-refractivity contribution in [2.75, 3.05) is 56.1 Å². The summed E-state index contributed by atoms with van der Waals surface area (Å²) in [5.41, 5.74) is 6.65. The minimum absolute atomic E-state index is 0.268. The van der Waals surface area contributed by atoms with Crippen LogP contribution < -0.4 is 37.9 Å². The van der Waals surface area contributed by atoms with Crippen LogP contribution in [0.2, 0.25) is 0 Å². The SMILES string of the molecule is COCCOc1ccc(NCCNCCn2ncc3c(NN)nc(NN)nc32)cc1. The average molecular weight is 416 g/mol. The highest BCUT2D eigenvalue weighted by Gasteiger charge is 2.11. The lowest BCUT2D eigenvalue weighted by molar-refractivity contribution is 0.146. The normalized spacial score (nSPS) is 10.9. The molecule has 12 heteroatoms. The number of aromatic nitrogens is 4. The van der Waals surface area contributed by atoms with Crippen molar-refractivity contribution in [3.8, 4) is 5.75 Å². The first-order valence-electron chi connectivity index (χ1n) is 9.58. The number of hydrogen-bond donors (Lipinski definition) is 6. The van der Waals surface area contributed by atoms with E-state index in [1.54, 1.807) is 18.0 Å². The highest BCUT2D eigenvalue weighted by atomic mass is 16.5. The van der Waals surface area contributed by atoms with E-state index in [1.165, 1.54) is 0 Å². The van der Waals surface area contributed by atoms with Crippen LogP contribution in [-0.2, 0) is 11.3 Å². The number of nitrogens with one attached hydrogen (secondary N) is 4. The van der Waals surface area contributed by atoms with Crippen LogP contribution in [0.3, 0.4) is 0 Å². The number of methoxy groups -OCH3 is 1. The summed E-state index contributed by atoms with van der Waals surface area (Å²) in [4.78, 5) is 8.50. The fraction of sp³-hybridized carbons (Fsp3) is 0.389. The summed E-state index contributed by atoms with van der Waals surface area (Å²) in [5.74, 6) is 12.5. The Morgan fingerprint density at radius 2 is 1.83 bits per heavy atom. The molecule has 0 saturated carbocycles. The fourth-order valence-corrected chi connectivity index (χ4v) is 2.81. The second-order valence-electron chi connectivity index (χ2n) is 6.33. The van der Waals surface area contributed by atoms with Crippen LogP contribution in [0.25, 0.3) is 11.0 Å². The molecule has 0 unspecified atom stereocenters. The summed E-state index contributed by atoms with van der Waals surface area (Å²) in [5, 5.41) is 11.8. The molecule has 0 saturated heterocycles. The van der Waals surface area contributed by atoms with Gasteiger partial charge in [-0.05, 0) is 24.3 Å². The minimum Gasteiger partial charge on any atom is -0.491 e. The van der Waals surface area contributed by atoms with E-state index < -0.39 is 0 Å². The van der Waals surface area contributed by atoms with Gasteiger partial charge in [-0.25, -0.2) is 16.4 Å². The Balaban J connectivity index is 1.40. The molecule has 3 rings (SSSR count). The highest BCUT2D eigenvalue weighted by Crippen LogP contribution is 2.20. The Kier molecular flexibility index (Phi) is 7.97. The summed E-state index contributed by atoms with van der Waals surface area (Å²) in [6.07, 6.45) is 1.68. The van der Waals surface area contributed by atoms with Crippen LogP contribution >= 0.6 is 0 Å². The summed E-state index contributed by atoms with van der Waals surface area (Å²) in [6.45, 7) is 4.06. The third kappa shape index (κ3) is 5.67. The number of hydrazine groups is 2. The fourth-order valence-electron chi connectivity index (χ4n) is 2.81. The van der Waals surface area contributed by atoms with Crippen LogP contribution in [0.1, 0.15) is 0 Å². The second-order valence-corrected chi connectivity index (χ2v) is 6.33. The van der Waals surface area contributed by atoms with Gasteiger partial charge >= 0.3 is 0 Å². The van der Waals surface area contributed by atoms with Gasteiger partial charge in [-0.15, -0.1) is 0 Å². The number of nitrogen functional groups attached to an aromatic ring is 2. The molecule has 0 aliphatic rings. The molecule has 2 aromatic heterocycles. The molecule has 0 bridgehead atoms. The zero-order valence-electron chi connectivity index (χ0n) is 16.9. The van der Waals surface area contributed by atoms with E-state index in [9.17, 15) is 0 Å². The number of ether oxygens (including phenoxy) is 2. The van der Waals surface area contributed by atoms with E-state index in [2.05, 4.69) is 36.6 Å². The van der Waals surface area contributed by atoms with Gasteiger partial charge < -0.3 is 25.5 Å². The van der Waals surface area contributed by atoms with Gasteiger partial charge in [0.15, 0.2) is 11.5 Å². The quantitative estimate of drug-likeness (QED) is 0.127. The van der Waals surface area contributed by atoms with Crippen molar-refractivity contribution in [3.05, 3.63) is 30.5 Å². The van der Waals surface area contributed by atoms with Crippen LogP contribution in [0.15, 0.2) is 30.5 Å². The van der Waals surface area contributed by atoms with Crippen molar-refractivity contribution >= 4 is 28.5 Å². The molecular weight excluding hydrogens is 388 g/mol. The van der Waals surface area contributed by atoms with Gasteiger partial charge in [-0.2, -0.15) is 15.1 Å². The maximum Gasteiger partial charge on any atom is 0.241 e. The number of rotatable bonds is 13. The minimum atomic E-state index is 0.268. The molecule has 0 spiro atoms. The first-order chi connectivity index (χ1) is 14.7. The number of hydrogen-bond acceptors (Lipinski definition) is 11. The van der Waals surface area contributed by atoms with Gasteiger partial charge in [-0.3, -0.25) is 5.43 Å². The topological polar surface area (TPSA) is 162 Å². The van der Waals surface area contributed by atoms with E-state index in [-0.39, 0.29) is 5.95 Å². The van der Waals surface area contributed by atoms with Crippen LogP contribution in [0.4, 0.5) is 17.5 Å². The molecule has 3 aromatic rings. The maximum atomic E-state index is 5.55. The molecule has 8 N–H and O–H groups in total. The standard InChI is InChI=1S/C18H28N10O2/c1-29-10-11-30-14-4-2-13(3-5-14)22-7-6-21-8-9-28-17-15(12-23-28)16(26-19)24-18(25-17)27-20/h2-5,12,21-22H,6-11,19-20H2,1H3,(H2,24,25,26,27). The molecule has 162 valence electrons. The van der Waals surface area contributed by atoms with E-state index in [4.69, 9.17) is 21.2 Å². The van der Waals surface area contributed by atoms with Gasteiger partial charge in [0, 0.05) is 32.4 Å². The molecule has 0 radical (unpaired) electrons. The maximum absolute atomic E-state index is 5.55. The predicted octanol–water partition coefficient (Wildman–Crippen LogP) is 0.124. The number of nitrogens with two attached hydrogens (primary N) is 2. The zero-order chi connectivity index (χ0) is 21.2. The third-order valence-corrected chi connectivity index (χ3v) is 4.30. The molecule has 0 fully saturated rings. The van der Waals surface area contributed by atoms with E-state index in [0.717, 1.165) is 36.5 Å². The van der Waals surface area contributed by atoms with Crippen LogP contribution in [0.5, 0.6) is 5.75 Å². The van der Waals surface area contributed by atoms with Crippen molar-refractivity contribution < 1.29 is 9.47 Å². The lowest BCUT2D eigenvalue weighted by Crippen LogP contribution is -2.26. The van der Waals surface area contributed by atoms with Crippen molar-refractivity contribution in [3.63, 3.8) is 0 Å². The lowest BCUT2D eigenvalue weighted by atomic mass is 10.3. The molecule has 0 amide bonds. The van der Waals surface area contributed by atoms with Gasteiger partial charge in [0.2, 0.25) is 5.95 Å². The van der Waals surface area contributed by atoms with E-state index in [1.807, 2.05) is 24.3 Å². The predicted molar refractivity (Wildman–Crippen MR) is 116 cm³/mol. The number of benzene rings is 1. The van der Waals surface area contributed by atoms with Gasteiger partial charge in [0.25, 0.3) is 0 Å². The van der Waals surface area contributed by atoms with Gasteiger partial charge in [0.05, 0.1) is 24.7 Å². The van der Waals surface area contributed by atoms with Crippen LogP contribution in [-0.4, -0.2) is 59.7 Å². The molecule has 1 aromatic carbocycles. The third-order valence-electron chi connectivity index (χ3n) is 4.30. The summed E-state index contributed by atoms with van der Waals surface area (Å²) in [6, 6.07) is 7.85. The molecule has 2 heterocycles. The average Bonchev–Trinajstić information content (AvgIpc) is 3.19. The van der Waals surface area contributed by atoms with Gasteiger partial charge in [-0.1, -0.05) is 0 Å².